The topological polar surface area (TPSA) is 17.1 Å². The molecule has 0 aliphatic rings. The van der Waals surface area contributed by atoms with E-state index in [2.05, 4.69) is 13.8 Å². The molecule has 54 valence electrons. The highest BCUT2D eigenvalue weighted by Crippen LogP contribution is 2.23. The Labute approximate surface area is 64.7 Å². The Morgan fingerprint density at radius 2 is 2.30 bits per heavy atom. The van der Waals surface area contributed by atoms with Crippen molar-refractivity contribution in [3.8, 4) is 0 Å². The molecule has 0 fully saturated rings. The van der Waals surface area contributed by atoms with Crippen LogP contribution in [0.2, 0.25) is 0 Å². The van der Waals surface area contributed by atoms with Crippen LogP contribution in [0.3, 0.4) is 0 Å². The first-order valence-electron chi connectivity index (χ1n) is 3.28. The highest BCUT2D eigenvalue weighted by Gasteiger charge is 2.05. The van der Waals surface area contributed by atoms with Crippen LogP contribution in [0.15, 0.2) is 11.4 Å². The van der Waals surface area contributed by atoms with Gasteiger partial charge in [-0.2, -0.15) is 0 Å². The zero-order chi connectivity index (χ0) is 7.56. The lowest BCUT2D eigenvalue weighted by atomic mass is 10.1. The average Bonchev–Trinajstić information content (AvgIpc) is 2.33. The molecule has 10 heavy (non-hydrogen) atoms. The first-order chi connectivity index (χ1) is 4.75. The van der Waals surface area contributed by atoms with Gasteiger partial charge in [0.05, 0.1) is 0 Å². The molecule has 0 radical (unpaired) electrons. The summed E-state index contributed by atoms with van der Waals surface area (Å²) in [4.78, 5) is 11.6. The van der Waals surface area contributed by atoms with Crippen LogP contribution in [0.25, 0.3) is 0 Å². The van der Waals surface area contributed by atoms with Crippen molar-refractivity contribution in [3.05, 3.63) is 21.9 Å². The number of aldehydes is 1. The summed E-state index contributed by atoms with van der Waals surface area (Å²) in [6.45, 7) is 4.19. The summed E-state index contributed by atoms with van der Waals surface area (Å²) >= 11 is 1.65. The van der Waals surface area contributed by atoms with Gasteiger partial charge in [-0.3, -0.25) is 4.79 Å². The van der Waals surface area contributed by atoms with Gasteiger partial charge in [-0.1, -0.05) is 13.8 Å². The average molecular weight is 154 g/mol. The lowest BCUT2D eigenvalue weighted by Gasteiger charge is -1.99. The van der Waals surface area contributed by atoms with E-state index >= 15 is 0 Å². The molecule has 0 bridgehead atoms. The zero-order valence-electron chi connectivity index (χ0n) is 6.13. The van der Waals surface area contributed by atoms with Crippen LogP contribution < -0.4 is 0 Å². The van der Waals surface area contributed by atoms with E-state index in [0.29, 0.717) is 5.92 Å². The highest BCUT2D eigenvalue weighted by molar-refractivity contribution is 7.10. The van der Waals surface area contributed by atoms with Crippen LogP contribution in [0.5, 0.6) is 0 Å². The van der Waals surface area contributed by atoms with Crippen molar-refractivity contribution in [3.63, 3.8) is 0 Å². The van der Waals surface area contributed by atoms with E-state index in [0.717, 1.165) is 11.8 Å². The van der Waals surface area contributed by atoms with Crippen molar-refractivity contribution < 1.29 is 4.79 Å². The van der Waals surface area contributed by atoms with Crippen molar-refractivity contribution in [2.24, 2.45) is 0 Å². The van der Waals surface area contributed by atoms with Gasteiger partial charge in [-0.15, -0.1) is 11.3 Å². The van der Waals surface area contributed by atoms with Crippen molar-refractivity contribution >= 4 is 17.6 Å². The second kappa shape index (κ2) is 2.97. The number of carbonyl (C=O) groups excluding carboxylic acids is 1. The van der Waals surface area contributed by atoms with E-state index in [9.17, 15) is 4.79 Å². The second-order valence-electron chi connectivity index (χ2n) is 2.51. The summed E-state index contributed by atoms with van der Waals surface area (Å²) in [6, 6.07) is 1.87. The maximum absolute atomic E-state index is 10.4. The third-order valence-corrected chi connectivity index (χ3v) is 2.61. The molecule has 0 saturated carbocycles. The fourth-order valence-electron chi connectivity index (χ4n) is 0.898. The molecule has 0 N–H and O–H groups in total. The molecule has 0 amide bonds. The van der Waals surface area contributed by atoms with E-state index in [1.165, 1.54) is 4.88 Å². The van der Waals surface area contributed by atoms with E-state index in [1.807, 2.05) is 11.4 Å². The first-order valence-corrected chi connectivity index (χ1v) is 4.16. The molecule has 0 aliphatic carbocycles. The Morgan fingerprint density at radius 1 is 1.60 bits per heavy atom. The van der Waals surface area contributed by atoms with Crippen molar-refractivity contribution in [1.82, 2.24) is 0 Å². The number of hydrogen-bond acceptors (Lipinski definition) is 2. The molecule has 1 aromatic heterocycles. The van der Waals surface area contributed by atoms with E-state index in [1.54, 1.807) is 11.3 Å². The third kappa shape index (κ3) is 1.27. The third-order valence-electron chi connectivity index (χ3n) is 1.38. The normalized spacial score (nSPS) is 10.3. The first kappa shape index (κ1) is 7.48. The predicted octanol–water partition coefficient (Wildman–Crippen LogP) is 2.68. The fraction of sp³-hybridized carbons (Fsp3) is 0.375. The predicted molar refractivity (Wildman–Crippen MR) is 43.8 cm³/mol. The van der Waals surface area contributed by atoms with Crippen molar-refractivity contribution in [2.75, 3.05) is 0 Å². The van der Waals surface area contributed by atoms with Gasteiger partial charge in [-0.25, -0.2) is 0 Å². The molecule has 0 aliphatic heterocycles. The van der Waals surface area contributed by atoms with Crippen molar-refractivity contribution in [1.29, 1.82) is 0 Å². The Bertz CT molecular complexity index is 225. The van der Waals surface area contributed by atoms with E-state index in [-0.39, 0.29) is 0 Å². The number of carbonyl (C=O) groups is 1. The molecule has 1 heterocycles. The summed E-state index contributed by atoms with van der Waals surface area (Å²) < 4.78 is 0. The van der Waals surface area contributed by atoms with Crippen molar-refractivity contribution in [2.45, 2.75) is 19.8 Å². The number of rotatable bonds is 2. The van der Waals surface area contributed by atoms with Crippen LogP contribution in [0.4, 0.5) is 0 Å². The molecule has 1 rings (SSSR count). The Balaban J connectivity index is 3.01. The van der Waals surface area contributed by atoms with Gasteiger partial charge < -0.3 is 0 Å². The molecule has 0 spiro atoms. The van der Waals surface area contributed by atoms with E-state index in [4.69, 9.17) is 0 Å². The minimum absolute atomic E-state index is 0.472. The van der Waals surface area contributed by atoms with Crippen LogP contribution in [-0.4, -0.2) is 6.29 Å². The molecule has 0 saturated heterocycles. The standard InChI is InChI=1S/C8H10OS/c1-6(2)8-7(5-9)3-4-10-8/h3-6H,1-2H3. The summed E-state index contributed by atoms with van der Waals surface area (Å²) in [5.74, 6) is 0.472. The maximum Gasteiger partial charge on any atom is 0.151 e. The van der Waals surface area contributed by atoms with Gasteiger partial charge in [0.25, 0.3) is 0 Å². The highest BCUT2D eigenvalue weighted by atomic mass is 32.1. The summed E-state index contributed by atoms with van der Waals surface area (Å²) in [5, 5.41) is 1.96. The van der Waals surface area contributed by atoms with Crippen LogP contribution in [0, 0.1) is 0 Å². The van der Waals surface area contributed by atoms with Gasteiger partial charge in [-0.05, 0) is 17.4 Å². The minimum atomic E-state index is 0.472. The smallest absolute Gasteiger partial charge is 0.151 e. The molecule has 0 atom stereocenters. The molecular weight excluding hydrogens is 144 g/mol. The lowest BCUT2D eigenvalue weighted by Crippen LogP contribution is -1.86. The SMILES string of the molecule is CC(C)c1sccc1C=O. The van der Waals surface area contributed by atoms with E-state index < -0.39 is 0 Å². The Hall–Kier alpha value is -0.630. The van der Waals surface area contributed by atoms with Crippen LogP contribution in [0.1, 0.15) is 35.0 Å². The molecule has 2 heteroatoms. The maximum atomic E-state index is 10.4. The molecule has 0 aromatic carbocycles. The van der Waals surface area contributed by atoms with Crippen LogP contribution >= 0.6 is 11.3 Å². The van der Waals surface area contributed by atoms with Gasteiger partial charge in [0.1, 0.15) is 0 Å². The Kier molecular flexibility index (Phi) is 2.22. The minimum Gasteiger partial charge on any atom is -0.298 e. The summed E-state index contributed by atoms with van der Waals surface area (Å²) in [7, 11) is 0. The lowest BCUT2D eigenvalue weighted by molar-refractivity contribution is 0.112. The number of hydrogen-bond donors (Lipinski definition) is 0. The molecular formula is C8H10OS. The van der Waals surface area contributed by atoms with Crippen LogP contribution in [-0.2, 0) is 0 Å². The molecule has 1 nitrogen and oxygen atoms in total. The largest absolute Gasteiger partial charge is 0.298 e. The fourth-order valence-corrected chi connectivity index (χ4v) is 1.78. The molecule has 1 aromatic rings. The quantitative estimate of drug-likeness (QED) is 0.598. The zero-order valence-corrected chi connectivity index (χ0v) is 6.94. The summed E-state index contributed by atoms with van der Waals surface area (Å²) in [5.41, 5.74) is 0.847. The van der Waals surface area contributed by atoms with Gasteiger partial charge in [0.15, 0.2) is 6.29 Å². The van der Waals surface area contributed by atoms with Gasteiger partial charge >= 0.3 is 0 Å². The monoisotopic (exact) mass is 154 g/mol. The number of thiophene rings is 1. The Morgan fingerprint density at radius 3 is 2.70 bits per heavy atom. The van der Waals surface area contributed by atoms with Gasteiger partial charge in [0.2, 0.25) is 0 Å². The second-order valence-corrected chi connectivity index (χ2v) is 3.46. The molecule has 0 unspecified atom stereocenters. The van der Waals surface area contributed by atoms with Gasteiger partial charge in [0, 0.05) is 10.4 Å². The summed E-state index contributed by atoms with van der Waals surface area (Å²) in [6.07, 6.45) is 0.922.